The summed E-state index contributed by atoms with van der Waals surface area (Å²) >= 11 is 0. The van der Waals surface area contributed by atoms with Crippen LogP contribution < -0.4 is 0 Å². The van der Waals surface area contributed by atoms with E-state index in [1.807, 2.05) is 26.0 Å². The van der Waals surface area contributed by atoms with E-state index in [-0.39, 0.29) is 11.3 Å². The lowest BCUT2D eigenvalue weighted by atomic mass is 10.0. The summed E-state index contributed by atoms with van der Waals surface area (Å²) in [4.78, 5) is 22.4. The summed E-state index contributed by atoms with van der Waals surface area (Å²) < 4.78 is 1.57. The fourth-order valence-corrected chi connectivity index (χ4v) is 2.35. The second-order valence-electron chi connectivity index (χ2n) is 4.17. The fraction of sp³-hybridized carbons (Fsp3) is 0.231. The number of aryl methyl sites for hydroxylation is 3. The maximum absolute atomic E-state index is 11.2. The van der Waals surface area contributed by atoms with Crippen LogP contribution >= 0.6 is 0 Å². The Morgan fingerprint density at radius 2 is 1.88 bits per heavy atom. The van der Waals surface area contributed by atoms with Crippen molar-refractivity contribution in [2.45, 2.75) is 13.8 Å². The molecule has 0 saturated carbocycles. The van der Waals surface area contributed by atoms with Crippen LogP contribution in [0.2, 0.25) is 0 Å². The van der Waals surface area contributed by atoms with E-state index in [9.17, 15) is 14.7 Å². The molecule has 0 radical (unpaired) electrons. The molecular weight excluding hydrogens is 218 g/mol. The van der Waals surface area contributed by atoms with Gasteiger partial charge in [0.15, 0.2) is 6.29 Å². The highest BCUT2D eigenvalue weighted by Gasteiger charge is 2.22. The third-order valence-electron chi connectivity index (χ3n) is 3.10. The molecule has 0 unspecified atom stereocenters. The van der Waals surface area contributed by atoms with Gasteiger partial charge in [0.05, 0.1) is 11.1 Å². The molecule has 0 aliphatic heterocycles. The number of rotatable bonds is 2. The molecular formula is C13H13NO3. The van der Waals surface area contributed by atoms with E-state index in [0.717, 1.165) is 22.0 Å². The minimum absolute atomic E-state index is 0.0485. The van der Waals surface area contributed by atoms with Crippen molar-refractivity contribution in [1.29, 1.82) is 0 Å². The minimum Gasteiger partial charge on any atom is -0.477 e. The first-order valence-electron chi connectivity index (χ1n) is 5.26. The zero-order valence-electron chi connectivity index (χ0n) is 9.94. The van der Waals surface area contributed by atoms with Gasteiger partial charge >= 0.3 is 5.97 Å². The van der Waals surface area contributed by atoms with Crippen LogP contribution in [0, 0.1) is 13.8 Å². The minimum atomic E-state index is -1.08. The summed E-state index contributed by atoms with van der Waals surface area (Å²) in [5.41, 5.74) is 2.99. The summed E-state index contributed by atoms with van der Waals surface area (Å²) in [6.07, 6.45) is 0.623. The van der Waals surface area contributed by atoms with Crippen molar-refractivity contribution < 1.29 is 14.7 Å². The number of carboxylic acids is 1. The smallest absolute Gasteiger partial charge is 0.353 e. The van der Waals surface area contributed by atoms with Crippen molar-refractivity contribution in [3.8, 4) is 0 Å². The van der Waals surface area contributed by atoms with E-state index in [4.69, 9.17) is 0 Å². The average molecular weight is 231 g/mol. The second kappa shape index (κ2) is 3.73. The Bertz CT molecular complexity index is 638. The quantitative estimate of drug-likeness (QED) is 0.807. The molecule has 0 aliphatic rings. The van der Waals surface area contributed by atoms with Gasteiger partial charge < -0.3 is 9.67 Å². The van der Waals surface area contributed by atoms with E-state index < -0.39 is 5.97 Å². The summed E-state index contributed by atoms with van der Waals surface area (Å²) in [6.45, 7) is 3.78. The second-order valence-corrected chi connectivity index (χ2v) is 4.17. The maximum Gasteiger partial charge on any atom is 0.353 e. The monoisotopic (exact) mass is 231 g/mol. The molecule has 17 heavy (non-hydrogen) atoms. The van der Waals surface area contributed by atoms with Crippen LogP contribution in [-0.4, -0.2) is 21.9 Å². The number of benzene rings is 1. The fourth-order valence-electron chi connectivity index (χ4n) is 2.35. The molecule has 1 heterocycles. The Morgan fingerprint density at radius 3 is 2.41 bits per heavy atom. The summed E-state index contributed by atoms with van der Waals surface area (Å²) in [5.74, 6) is -1.08. The van der Waals surface area contributed by atoms with Gasteiger partial charge in [0.1, 0.15) is 5.69 Å². The predicted octanol–water partition coefficient (Wildman–Crippen LogP) is 2.31. The number of carbonyl (C=O) groups excluding carboxylic acids is 1. The SMILES string of the molecule is Cc1ccc(C)c2c1c(C=O)c(C(=O)O)n2C. The van der Waals surface area contributed by atoms with Crippen LogP contribution in [0.3, 0.4) is 0 Å². The number of hydrogen-bond acceptors (Lipinski definition) is 2. The van der Waals surface area contributed by atoms with Gasteiger partial charge in [-0.3, -0.25) is 4.79 Å². The van der Waals surface area contributed by atoms with Crippen LogP contribution in [0.5, 0.6) is 0 Å². The Hall–Kier alpha value is -2.10. The standard InChI is InChI=1S/C13H13NO3/c1-7-4-5-8(2)11-10(7)9(6-15)12(13(16)17)14(11)3/h4-6H,1-3H3,(H,16,17). The van der Waals surface area contributed by atoms with Gasteiger partial charge in [-0.15, -0.1) is 0 Å². The third-order valence-corrected chi connectivity index (χ3v) is 3.10. The zero-order chi connectivity index (χ0) is 12.7. The summed E-state index contributed by atoms with van der Waals surface area (Å²) in [6, 6.07) is 3.83. The van der Waals surface area contributed by atoms with Gasteiger partial charge in [-0.25, -0.2) is 4.79 Å². The zero-order valence-corrected chi connectivity index (χ0v) is 9.94. The van der Waals surface area contributed by atoms with Gasteiger partial charge in [0, 0.05) is 12.4 Å². The highest BCUT2D eigenvalue weighted by Crippen LogP contribution is 2.29. The molecule has 0 atom stereocenters. The Labute approximate surface area is 98.5 Å². The molecule has 0 aliphatic carbocycles. The van der Waals surface area contributed by atoms with E-state index in [0.29, 0.717) is 6.29 Å². The van der Waals surface area contributed by atoms with E-state index in [1.54, 1.807) is 11.6 Å². The van der Waals surface area contributed by atoms with Gasteiger partial charge in [-0.05, 0) is 25.0 Å². The van der Waals surface area contributed by atoms with Crippen molar-refractivity contribution in [3.05, 3.63) is 34.5 Å². The first kappa shape index (κ1) is 11.4. The Morgan fingerprint density at radius 1 is 1.29 bits per heavy atom. The highest BCUT2D eigenvalue weighted by molar-refractivity contribution is 6.09. The number of aldehydes is 1. The first-order valence-corrected chi connectivity index (χ1v) is 5.26. The first-order chi connectivity index (χ1) is 7.99. The maximum atomic E-state index is 11.2. The molecule has 4 heteroatoms. The molecule has 0 amide bonds. The van der Waals surface area contributed by atoms with E-state index in [2.05, 4.69) is 0 Å². The number of aromatic carboxylic acids is 1. The molecule has 0 fully saturated rings. The summed E-state index contributed by atoms with van der Waals surface area (Å²) in [5, 5.41) is 9.92. The van der Waals surface area contributed by atoms with Crippen LogP contribution in [0.1, 0.15) is 32.0 Å². The van der Waals surface area contributed by atoms with Crippen molar-refractivity contribution in [2.75, 3.05) is 0 Å². The van der Waals surface area contributed by atoms with Crippen LogP contribution in [0.15, 0.2) is 12.1 Å². The Kier molecular flexibility index (Phi) is 2.50. The van der Waals surface area contributed by atoms with Gasteiger partial charge in [0.25, 0.3) is 0 Å². The van der Waals surface area contributed by atoms with Crippen molar-refractivity contribution in [2.24, 2.45) is 7.05 Å². The average Bonchev–Trinajstić information content (AvgIpc) is 2.58. The van der Waals surface area contributed by atoms with Crippen LogP contribution in [-0.2, 0) is 7.05 Å². The molecule has 2 aromatic rings. The molecule has 1 N–H and O–H groups in total. The number of hydrogen-bond donors (Lipinski definition) is 1. The third kappa shape index (κ3) is 1.45. The summed E-state index contributed by atoms with van der Waals surface area (Å²) in [7, 11) is 1.67. The lowest BCUT2D eigenvalue weighted by Gasteiger charge is -2.03. The molecule has 88 valence electrons. The van der Waals surface area contributed by atoms with Gasteiger partial charge in [-0.2, -0.15) is 0 Å². The van der Waals surface area contributed by atoms with Crippen molar-refractivity contribution in [1.82, 2.24) is 4.57 Å². The lowest BCUT2D eigenvalue weighted by molar-refractivity contribution is 0.0684. The molecule has 0 saturated heterocycles. The van der Waals surface area contributed by atoms with E-state index >= 15 is 0 Å². The molecule has 1 aromatic heterocycles. The molecule has 4 nitrogen and oxygen atoms in total. The van der Waals surface area contributed by atoms with Crippen molar-refractivity contribution >= 4 is 23.2 Å². The largest absolute Gasteiger partial charge is 0.477 e. The number of carbonyl (C=O) groups is 2. The molecule has 2 rings (SSSR count). The number of carboxylic acid groups (broad SMARTS) is 1. The van der Waals surface area contributed by atoms with Crippen LogP contribution in [0.25, 0.3) is 10.9 Å². The van der Waals surface area contributed by atoms with Gasteiger partial charge in [0.2, 0.25) is 0 Å². The predicted molar refractivity (Wildman–Crippen MR) is 64.7 cm³/mol. The van der Waals surface area contributed by atoms with E-state index in [1.165, 1.54) is 0 Å². The number of aromatic nitrogens is 1. The molecule has 0 spiro atoms. The lowest BCUT2D eigenvalue weighted by Crippen LogP contribution is -2.07. The van der Waals surface area contributed by atoms with Crippen molar-refractivity contribution in [3.63, 3.8) is 0 Å². The Balaban J connectivity index is 3.09. The molecule has 0 bridgehead atoms. The molecule has 1 aromatic carbocycles. The van der Waals surface area contributed by atoms with Gasteiger partial charge in [-0.1, -0.05) is 12.1 Å². The highest BCUT2D eigenvalue weighted by atomic mass is 16.4. The number of fused-ring (bicyclic) bond motifs is 1. The normalized spacial score (nSPS) is 10.8. The number of nitrogens with zero attached hydrogens (tertiary/aromatic N) is 1. The topological polar surface area (TPSA) is 59.3 Å². The van der Waals surface area contributed by atoms with Crippen LogP contribution in [0.4, 0.5) is 0 Å².